The van der Waals surface area contributed by atoms with Crippen LogP contribution in [0, 0.1) is 5.82 Å². The molecule has 0 amide bonds. The molecule has 1 aromatic carbocycles. The standard InChI is InChI=1S/C13H17F3N2O2.ClH/c14-10-3-1-2-9(11(10)20)12(13(15,16)8-19)18-6-4-17-5-7-18;/h1-3,12,17,19-20H,4-8H2;1H/t12-;/m0./s1. The second-order valence-corrected chi connectivity index (χ2v) is 4.79. The van der Waals surface area contributed by atoms with E-state index in [1.165, 1.54) is 17.0 Å². The van der Waals surface area contributed by atoms with Gasteiger partial charge < -0.3 is 15.5 Å². The largest absolute Gasteiger partial charge is 0.505 e. The second-order valence-electron chi connectivity index (χ2n) is 4.79. The number of para-hydroxylation sites is 1. The summed E-state index contributed by atoms with van der Waals surface area (Å²) in [5, 5.41) is 21.7. The highest BCUT2D eigenvalue weighted by molar-refractivity contribution is 5.85. The number of alkyl halides is 2. The lowest BCUT2D eigenvalue weighted by atomic mass is 9.97. The smallest absolute Gasteiger partial charge is 0.290 e. The predicted octanol–water partition coefficient (Wildman–Crippen LogP) is 1.53. The van der Waals surface area contributed by atoms with Crippen LogP contribution in [0.4, 0.5) is 13.2 Å². The van der Waals surface area contributed by atoms with Gasteiger partial charge in [-0.25, -0.2) is 13.2 Å². The quantitative estimate of drug-likeness (QED) is 0.785. The topological polar surface area (TPSA) is 55.7 Å². The Balaban J connectivity index is 0.00000220. The summed E-state index contributed by atoms with van der Waals surface area (Å²) in [4.78, 5) is 1.45. The van der Waals surface area contributed by atoms with Gasteiger partial charge in [0.25, 0.3) is 5.92 Å². The molecule has 0 spiro atoms. The maximum atomic E-state index is 14.1. The Morgan fingerprint density at radius 3 is 2.48 bits per heavy atom. The molecule has 1 fully saturated rings. The van der Waals surface area contributed by atoms with Crippen molar-refractivity contribution in [2.24, 2.45) is 0 Å². The fourth-order valence-corrected chi connectivity index (χ4v) is 2.47. The number of halogens is 4. The Labute approximate surface area is 127 Å². The number of piperazine rings is 1. The second kappa shape index (κ2) is 7.31. The number of hydrogen-bond acceptors (Lipinski definition) is 4. The molecule has 1 atom stereocenters. The maximum absolute atomic E-state index is 14.1. The van der Waals surface area contributed by atoms with Gasteiger partial charge in [-0.1, -0.05) is 12.1 Å². The molecule has 1 aromatic rings. The van der Waals surface area contributed by atoms with Gasteiger partial charge in [0.2, 0.25) is 0 Å². The summed E-state index contributed by atoms with van der Waals surface area (Å²) in [7, 11) is 0. The number of hydrogen-bond donors (Lipinski definition) is 3. The molecule has 3 N–H and O–H groups in total. The van der Waals surface area contributed by atoms with E-state index < -0.39 is 30.1 Å². The molecule has 0 aliphatic carbocycles. The van der Waals surface area contributed by atoms with Crippen molar-refractivity contribution in [3.63, 3.8) is 0 Å². The van der Waals surface area contributed by atoms with E-state index in [1.54, 1.807) is 0 Å². The van der Waals surface area contributed by atoms with Crippen LogP contribution in [-0.2, 0) is 0 Å². The minimum Gasteiger partial charge on any atom is -0.505 e. The molecule has 0 saturated carbocycles. The van der Waals surface area contributed by atoms with Crippen LogP contribution in [0.15, 0.2) is 18.2 Å². The van der Waals surface area contributed by atoms with Crippen LogP contribution in [0.25, 0.3) is 0 Å². The number of nitrogens with one attached hydrogen (secondary N) is 1. The minimum absolute atomic E-state index is 0. The van der Waals surface area contributed by atoms with Gasteiger partial charge in [-0.15, -0.1) is 12.4 Å². The van der Waals surface area contributed by atoms with E-state index in [0.29, 0.717) is 26.2 Å². The van der Waals surface area contributed by atoms with Crippen molar-refractivity contribution in [2.75, 3.05) is 32.8 Å². The van der Waals surface area contributed by atoms with Crippen LogP contribution in [0.5, 0.6) is 5.75 Å². The lowest BCUT2D eigenvalue weighted by molar-refractivity contribution is -0.119. The highest BCUT2D eigenvalue weighted by atomic mass is 35.5. The van der Waals surface area contributed by atoms with E-state index >= 15 is 0 Å². The minimum atomic E-state index is -3.47. The van der Waals surface area contributed by atoms with Crippen molar-refractivity contribution < 1.29 is 23.4 Å². The summed E-state index contributed by atoms with van der Waals surface area (Å²) in [6, 6.07) is 1.98. The zero-order chi connectivity index (χ0) is 14.8. The highest BCUT2D eigenvalue weighted by Gasteiger charge is 2.45. The van der Waals surface area contributed by atoms with Crippen LogP contribution in [-0.4, -0.2) is 53.8 Å². The monoisotopic (exact) mass is 326 g/mol. The Morgan fingerprint density at radius 1 is 1.29 bits per heavy atom. The summed E-state index contributed by atoms with van der Waals surface area (Å²) in [6.45, 7) is 0.339. The third kappa shape index (κ3) is 3.79. The van der Waals surface area contributed by atoms with Crippen LogP contribution in [0.3, 0.4) is 0 Å². The molecule has 21 heavy (non-hydrogen) atoms. The van der Waals surface area contributed by atoms with Gasteiger partial charge >= 0.3 is 0 Å². The molecule has 0 radical (unpaired) electrons. The molecular formula is C13H18ClF3N2O2. The van der Waals surface area contributed by atoms with Crippen LogP contribution in [0.2, 0.25) is 0 Å². The van der Waals surface area contributed by atoms with Crippen molar-refractivity contribution in [1.29, 1.82) is 0 Å². The predicted molar refractivity (Wildman–Crippen MR) is 74.5 cm³/mol. The zero-order valence-electron chi connectivity index (χ0n) is 11.2. The van der Waals surface area contributed by atoms with Crippen LogP contribution in [0.1, 0.15) is 11.6 Å². The third-order valence-electron chi connectivity index (χ3n) is 3.44. The summed E-state index contributed by atoms with van der Waals surface area (Å²) in [5.74, 6) is -5.21. The summed E-state index contributed by atoms with van der Waals surface area (Å²) < 4.78 is 41.5. The molecule has 1 saturated heterocycles. The van der Waals surface area contributed by atoms with Crippen molar-refractivity contribution in [3.8, 4) is 5.75 Å². The third-order valence-corrected chi connectivity index (χ3v) is 3.44. The molecule has 2 rings (SSSR count). The SMILES string of the molecule is Cl.OCC(F)(F)[C@H](c1cccc(F)c1O)N1CCNCC1. The zero-order valence-corrected chi connectivity index (χ0v) is 12.0. The van der Waals surface area contributed by atoms with E-state index in [4.69, 9.17) is 5.11 Å². The van der Waals surface area contributed by atoms with E-state index in [2.05, 4.69) is 5.32 Å². The van der Waals surface area contributed by atoms with Crippen molar-refractivity contribution in [2.45, 2.75) is 12.0 Å². The van der Waals surface area contributed by atoms with Gasteiger partial charge in [-0.2, -0.15) is 0 Å². The highest BCUT2D eigenvalue weighted by Crippen LogP contribution is 2.40. The first-order chi connectivity index (χ1) is 9.47. The molecule has 120 valence electrons. The Bertz CT molecular complexity index is 471. The van der Waals surface area contributed by atoms with E-state index in [-0.39, 0.29) is 18.0 Å². The molecule has 0 aromatic heterocycles. The van der Waals surface area contributed by atoms with E-state index in [0.717, 1.165) is 6.07 Å². The Hall–Kier alpha value is -1.02. The van der Waals surface area contributed by atoms with Crippen molar-refractivity contribution in [3.05, 3.63) is 29.6 Å². The van der Waals surface area contributed by atoms with Gasteiger partial charge in [-0.05, 0) is 6.07 Å². The number of aromatic hydroxyl groups is 1. The van der Waals surface area contributed by atoms with E-state index in [9.17, 15) is 18.3 Å². The maximum Gasteiger partial charge on any atom is 0.290 e. The molecule has 0 unspecified atom stereocenters. The van der Waals surface area contributed by atoms with Gasteiger partial charge in [-0.3, -0.25) is 4.90 Å². The molecule has 1 aliphatic rings. The summed E-state index contributed by atoms with van der Waals surface area (Å²) >= 11 is 0. The number of phenolic OH excluding ortho intramolecular Hbond substituents is 1. The van der Waals surface area contributed by atoms with Crippen LogP contribution < -0.4 is 5.32 Å². The van der Waals surface area contributed by atoms with Crippen molar-refractivity contribution in [1.82, 2.24) is 10.2 Å². The molecule has 1 heterocycles. The number of nitrogens with zero attached hydrogens (tertiary/aromatic N) is 1. The number of rotatable bonds is 4. The molecule has 1 aliphatic heterocycles. The first-order valence-corrected chi connectivity index (χ1v) is 6.38. The average Bonchev–Trinajstić information content (AvgIpc) is 2.45. The Morgan fingerprint density at radius 2 is 1.90 bits per heavy atom. The number of benzene rings is 1. The number of aliphatic hydroxyl groups is 1. The Kier molecular flexibility index (Phi) is 6.27. The van der Waals surface area contributed by atoms with Crippen molar-refractivity contribution >= 4 is 12.4 Å². The summed E-state index contributed by atoms with van der Waals surface area (Å²) in [6.07, 6.45) is 0. The fourth-order valence-electron chi connectivity index (χ4n) is 2.47. The van der Waals surface area contributed by atoms with Gasteiger partial charge in [0.15, 0.2) is 11.6 Å². The average molecular weight is 327 g/mol. The lowest BCUT2D eigenvalue weighted by Gasteiger charge is -2.38. The number of phenols is 1. The van der Waals surface area contributed by atoms with Crippen LogP contribution >= 0.6 is 12.4 Å². The summed E-state index contributed by atoms with van der Waals surface area (Å²) in [5.41, 5.74) is -0.203. The normalized spacial score (nSPS) is 18.1. The van der Waals surface area contributed by atoms with Gasteiger partial charge in [0.1, 0.15) is 12.6 Å². The molecule has 4 nitrogen and oxygen atoms in total. The molecular weight excluding hydrogens is 309 g/mol. The fraction of sp³-hybridized carbons (Fsp3) is 0.538. The lowest BCUT2D eigenvalue weighted by Crippen LogP contribution is -2.51. The molecule has 0 bridgehead atoms. The number of aliphatic hydroxyl groups excluding tert-OH is 1. The van der Waals surface area contributed by atoms with Gasteiger partial charge in [0, 0.05) is 31.7 Å². The van der Waals surface area contributed by atoms with Gasteiger partial charge in [0.05, 0.1) is 0 Å². The van der Waals surface area contributed by atoms with E-state index in [1.807, 2.05) is 0 Å². The first kappa shape index (κ1) is 18.0. The molecule has 8 heteroatoms. The first-order valence-electron chi connectivity index (χ1n) is 6.38.